The third-order valence-corrected chi connectivity index (χ3v) is 2.24. The molecule has 0 fully saturated rings. The van der Waals surface area contributed by atoms with Crippen LogP contribution in [0, 0.1) is 6.92 Å². The van der Waals surface area contributed by atoms with E-state index in [1.165, 1.54) is 0 Å². The van der Waals surface area contributed by atoms with Gasteiger partial charge in [-0.15, -0.1) is 5.10 Å². The van der Waals surface area contributed by atoms with Gasteiger partial charge in [-0.05, 0) is 24.6 Å². The van der Waals surface area contributed by atoms with E-state index in [0.717, 1.165) is 11.1 Å². The van der Waals surface area contributed by atoms with Crippen LogP contribution in [0.3, 0.4) is 0 Å². The molecule has 0 aliphatic carbocycles. The molecular weight excluding hydrogens is 202 g/mol. The largest absolute Gasteiger partial charge is 0.508 e. The molecule has 82 valence electrons. The van der Waals surface area contributed by atoms with Crippen molar-refractivity contribution in [1.29, 1.82) is 0 Å². The number of nitrogens with one attached hydrogen (secondary N) is 1. The van der Waals surface area contributed by atoms with E-state index in [0.29, 0.717) is 12.4 Å². The monoisotopic (exact) mass is 215 g/mol. The summed E-state index contributed by atoms with van der Waals surface area (Å²) < 4.78 is 0. The smallest absolute Gasteiger partial charge is 0.149 e. The Morgan fingerprint density at radius 3 is 2.88 bits per heavy atom. The van der Waals surface area contributed by atoms with Crippen LogP contribution in [0.2, 0.25) is 0 Å². The van der Waals surface area contributed by atoms with Crippen LogP contribution in [0.1, 0.15) is 11.1 Å². The van der Waals surface area contributed by atoms with Crippen molar-refractivity contribution in [3.8, 4) is 5.75 Å². The van der Waals surface area contributed by atoms with E-state index in [4.69, 9.17) is 0 Å². The van der Waals surface area contributed by atoms with Gasteiger partial charge < -0.3 is 10.4 Å². The number of para-hydroxylation sites is 1. The summed E-state index contributed by atoms with van der Waals surface area (Å²) in [5.74, 6) is 0.999. The SMILES string of the molecule is Cc1cnnc(NCc2ccccc2O)c1. The molecule has 2 N–H and O–H groups in total. The molecule has 0 aliphatic heterocycles. The average molecular weight is 215 g/mol. The maximum atomic E-state index is 9.57. The van der Waals surface area contributed by atoms with Crippen LogP contribution in [-0.2, 0) is 6.54 Å². The first-order valence-corrected chi connectivity index (χ1v) is 5.06. The van der Waals surface area contributed by atoms with Crippen LogP contribution in [0.15, 0.2) is 36.5 Å². The van der Waals surface area contributed by atoms with Gasteiger partial charge in [-0.25, -0.2) is 0 Å². The van der Waals surface area contributed by atoms with Crippen molar-refractivity contribution in [1.82, 2.24) is 10.2 Å². The Kier molecular flexibility index (Phi) is 3.00. The van der Waals surface area contributed by atoms with Crippen molar-refractivity contribution < 1.29 is 5.11 Å². The summed E-state index contributed by atoms with van der Waals surface area (Å²) in [6.07, 6.45) is 1.70. The van der Waals surface area contributed by atoms with Gasteiger partial charge in [0, 0.05) is 12.1 Å². The van der Waals surface area contributed by atoms with Gasteiger partial charge in [0.1, 0.15) is 11.6 Å². The molecule has 2 aromatic rings. The molecule has 0 saturated heterocycles. The van der Waals surface area contributed by atoms with Gasteiger partial charge in [0.2, 0.25) is 0 Å². The predicted molar refractivity (Wildman–Crippen MR) is 62.2 cm³/mol. The third kappa shape index (κ3) is 2.48. The molecule has 4 heteroatoms. The van der Waals surface area contributed by atoms with E-state index in [-0.39, 0.29) is 5.75 Å². The van der Waals surface area contributed by atoms with Crippen LogP contribution in [0.25, 0.3) is 0 Å². The zero-order valence-corrected chi connectivity index (χ0v) is 9.01. The summed E-state index contributed by atoms with van der Waals surface area (Å²) in [4.78, 5) is 0. The summed E-state index contributed by atoms with van der Waals surface area (Å²) in [7, 11) is 0. The highest BCUT2D eigenvalue weighted by molar-refractivity contribution is 5.39. The molecular formula is C12H13N3O. The number of anilines is 1. The lowest BCUT2D eigenvalue weighted by molar-refractivity contribution is 0.469. The van der Waals surface area contributed by atoms with Crippen LogP contribution in [-0.4, -0.2) is 15.3 Å². The lowest BCUT2D eigenvalue weighted by Crippen LogP contribution is -2.02. The van der Waals surface area contributed by atoms with Crippen LogP contribution >= 0.6 is 0 Å². The molecule has 0 saturated carbocycles. The highest BCUT2D eigenvalue weighted by Crippen LogP contribution is 2.16. The number of aryl methyl sites for hydroxylation is 1. The topological polar surface area (TPSA) is 58.0 Å². The maximum Gasteiger partial charge on any atom is 0.149 e. The number of aromatic nitrogens is 2. The zero-order valence-electron chi connectivity index (χ0n) is 9.01. The molecule has 1 aromatic carbocycles. The van der Waals surface area contributed by atoms with Gasteiger partial charge in [-0.3, -0.25) is 0 Å². The molecule has 0 atom stereocenters. The van der Waals surface area contributed by atoms with Crippen LogP contribution in [0.4, 0.5) is 5.82 Å². The number of hydrogen-bond donors (Lipinski definition) is 2. The first kappa shape index (κ1) is 10.4. The Labute approximate surface area is 94.0 Å². The second kappa shape index (κ2) is 4.61. The number of aromatic hydroxyl groups is 1. The normalized spacial score (nSPS) is 10.1. The minimum absolute atomic E-state index is 0.288. The number of nitrogens with zero attached hydrogens (tertiary/aromatic N) is 2. The Morgan fingerprint density at radius 1 is 1.31 bits per heavy atom. The van der Waals surface area contributed by atoms with Crippen molar-refractivity contribution in [2.24, 2.45) is 0 Å². The van der Waals surface area contributed by atoms with E-state index >= 15 is 0 Å². The summed E-state index contributed by atoms with van der Waals surface area (Å²) in [5.41, 5.74) is 1.89. The van der Waals surface area contributed by atoms with Crippen LogP contribution in [0.5, 0.6) is 5.75 Å². The van der Waals surface area contributed by atoms with Crippen molar-refractivity contribution in [2.75, 3.05) is 5.32 Å². The Hall–Kier alpha value is -2.10. The maximum absolute atomic E-state index is 9.57. The lowest BCUT2D eigenvalue weighted by atomic mass is 10.2. The van der Waals surface area contributed by atoms with Crippen LogP contribution < -0.4 is 5.32 Å². The Balaban J connectivity index is 2.05. The summed E-state index contributed by atoms with van der Waals surface area (Å²) in [6.45, 7) is 2.49. The first-order chi connectivity index (χ1) is 7.75. The molecule has 0 spiro atoms. The van der Waals surface area contributed by atoms with Crippen molar-refractivity contribution in [3.05, 3.63) is 47.7 Å². The number of phenols is 1. The third-order valence-electron chi connectivity index (χ3n) is 2.24. The molecule has 16 heavy (non-hydrogen) atoms. The molecule has 1 aromatic heterocycles. The van der Waals surface area contributed by atoms with Crippen molar-refractivity contribution in [2.45, 2.75) is 13.5 Å². The molecule has 2 rings (SSSR count). The zero-order chi connectivity index (χ0) is 11.4. The van der Waals surface area contributed by atoms with Gasteiger partial charge >= 0.3 is 0 Å². The van der Waals surface area contributed by atoms with Gasteiger partial charge in [0.25, 0.3) is 0 Å². The molecule has 0 radical (unpaired) electrons. The fraction of sp³-hybridized carbons (Fsp3) is 0.167. The fourth-order valence-corrected chi connectivity index (χ4v) is 1.40. The molecule has 4 nitrogen and oxygen atoms in total. The second-order valence-corrected chi connectivity index (χ2v) is 3.60. The standard InChI is InChI=1S/C12H13N3O/c1-9-6-12(15-14-7-9)13-8-10-4-2-3-5-11(10)16/h2-7,16H,8H2,1H3,(H,13,15). The fourth-order valence-electron chi connectivity index (χ4n) is 1.40. The predicted octanol–water partition coefficient (Wildman–Crippen LogP) is 2.10. The van der Waals surface area contributed by atoms with Gasteiger partial charge in [-0.1, -0.05) is 18.2 Å². The number of hydrogen-bond acceptors (Lipinski definition) is 4. The summed E-state index contributed by atoms with van der Waals surface area (Å²) in [5, 5.41) is 20.5. The number of rotatable bonds is 3. The lowest BCUT2D eigenvalue weighted by Gasteiger charge is -2.06. The average Bonchev–Trinajstić information content (AvgIpc) is 2.28. The van der Waals surface area contributed by atoms with Crippen molar-refractivity contribution in [3.63, 3.8) is 0 Å². The number of phenolic OH excluding ortho intramolecular Hbond substituents is 1. The second-order valence-electron chi connectivity index (χ2n) is 3.60. The van der Waals surface area contributed by atoms with E-state index < -0.39 is 0 Å². The summed E-state index contributed by atoms with van der Waals surface area (Å²) >= 11 is 0. The van der Waals surface area contributed by atoms with Gasteiger partial charge in [-0.2, -0.15) is 5.10 Å². The molecule has 0 amide bonds. The van der Waals surface area contributed by atoms with Gasteiger partial charge in [0.15, 0.2) is 0 Å². The first-order valence-electron chi connectivity index (χ1n) is 5.06. The van der Waals surface area contributed by atoms with E-state index in [2.05, 4.69) is 15.5 Å². The highest BCUT2D eigenvalue weighted by atomic mass is 16.3. The summed E-state index contributed by atoms with van der Waals surface area (Å²) in [6, 6.07) is 9.13. The molecule has 0 bridgehead atoms. The van der Waals surface area contributed by atoms with Gasteiger partial charge in [0.05, 0.1) is 6.20 Å². The molecule has 0 unspecified atom stereocenters. The van der Waals surface area contributed by atoms with E-state index in [9.17, 15) is 5.11 Å². The highest BCUT2D eigenvalue weighted by Gasteiger charge is 2.00. The number of benzene rings is 1. The minimum atomic E-state index is 0.288. The molecule has 0 aliphatic rings. The van der Waals surface area contributed by atoms with E-state index in [1.807, 2.05) is 25.1 Å². The Morgan fingerprint density at radius 2 is 2.12 bits per heavy atom. The quantitative estimate of drug-likeness (QED) is 0.823. The van der Waals surface area contributed by atoms with Crippen molar-refractivity contribution >= 4 is 5.82 Å². The van der Waals surface area contributed by atoms with E-state index in [1.54, 1.807) is 18.3 Å². The Bertz CT molecular complexity index is 485. The molecule has 1 heterocycles. The minimum Gasteiger partial charge on any atom is -0.508 e.